The van der Waals surface area contributed by atoms with Gasteiger partial charge in [0.05, 0.1) is 16.7 Å². The van der Waals surface area contributed by atoms with Crippen LogP contribution in [0.15, 0.2) is 197 Å². The fourth-order valence-electron chi connectivity index (χ4n) is 8.53. The molecule has 33 heteroatoms. The minimum atomic E-state index is -1.35. The fraction of sp³-hybridized carbons (Fsp3) is 0.136. The molecule has 9 heterocycles. The van der Waals surface area contributed by atoms with Gasteiger partial charge in [-0.3, -0.25) is 9.59 Å². The van der Waals surface area contributed by atoms with Gasteiger partial charge in [-0.15, -0.1) is 55.4 Å². The number of ether oxygens (including phenoxy) is 3. The largest absolute Gasteiger partial charge is 0.478 e. The Morgan fingerprint density at radius 1 is 0.434 bits per heavy atom. The summed E-state index contributed by atoms with van der Waals surface area (Å²) in [6.45, 7) is 12.1. The molecule has 510 valence electrons. The molecular weight excluding hydrogens is 1520 g/mol. The standard InChI is InChI=1S/2C22H18BrFN6O2.C12H7BrFNO3.C10H13N5.2ClH/c2*1-13(2)30-12-25-29-21(30)17-5-3-7-19(26-17)28-22(31)15-11-14(9-10-16(15)24)32-20-8-4-6-18(23)27-20;13-10-2-1-3-11(15-10)18-7-4-5-9(14)8(6-7)12(16)17;1-7(2)15-6-12-14-10(15)8-4-3-5-9(11)13-8;;/h2*3-13H,1-2H3,(H,26,28,31);1-6H,(H,16,17);3-7H,1-2H3,(H2,11,13);2*1H. The van der Waals surface area contributed by atoms with Gasteiger partial charge >= 0.3 is 5.97 Å². The lowest BCUT2D eigenvalue weighted by molar-refractivity contribution is 0.0690. The molecule has 0 fully saturated rings. The van der Waals surface area contributed by atoms with E-state index in [9.17, 15) is 27.6 Å². The minimum Gasteiger partial charge on any atom is -0.478 e. The first-order valence-corrected chi connectivity index (χ1v) is 31.5. The lowest BCUT2D eigenvalue weighted by atomic mass is 10.2. The molecule has 0 radical (unpaired) electrons. The summed E-state index contributed by atoms with van der Waals surface area (Å²) >= 11 is 9.70. The molecule has 5 N–H and O–H groups in total. The number of pyridine rings is 6. The summed E-state index contributed by atoms with van der Waals surface area (Å²) in [7, 11) is 0. The molecule has 9 aromatic heterocycles. The molecule has 25 nitrogen and oxygen atoms in total. The molecule has 0 saturated carbocycles. The van der Waals surface area contributed by atoms with E-state index >= 15 is 0 Å². The Morgan fingerprint density at radius 2 is 0.747 bits per heavy atom. The van der Waals surface area contributed by atoms with Crippen molar-refractivity contribution in [1.29, 1.82) is 0 Å². The molecule has 12 aromatic rings. The Bertz CT molecular complexity index is 4570. The van der Waals surface area contributed by atoms with Gasteiger partial charge in [-0.1, -0.05) is 36.4 Å². The van der Waals surface area contributed by atoms with Crippen molar-refractivity contribution in [3.8, 4) is 69.4 Å². The highest BCUT2D eigenvalue weighted by Crippen LogP contribution is 2.29. The smallest absolute Gasteiger partial charge is 0.338 e. The summed E-state index contributed by atoms with van der Waals surface area (Å²) in [6.07, 6.45) is 4.94. The van der Waals surface area contributed by atoms with Crippen molar-refractivity contribution in [2.24, 2.45) is 0 Å². The van der Waals surface area contributed by atoms with Crippen LogP contribution in [-0.4, -0.2) is 97.1 Å². The number of anilines is 3. The second-order valence-corrected chi connectivity index (χ2v) is 23.5. The number of nitrogens with one attached hydrogen (secondary N) is 2. The van der Waals surface area contributed by atoms with Crippen LogP contribution in [0.5, 0.6) is 34.9 Å². The summed E-state index contributed by atoms with van der Waals surface area (Å²) in [5.41, 5.74) is 6.63. The topological polar surface area (TPSA) is 319 Å². The van der Waals surface area contributed by atoms with Crippen molar-refractivity contribution < 1.29 is 46.9 Å². The first-order valence-electron chi connectivity index (χ1n) is 29.1. The average Bonchev–Trinajstić information content (AvgIpc) is 1.83. The third-order valence-electron chi connectivity index (χ3n) is 13.1. The Kier molecular flexibility index (Phi) is 27.2. The van der Waals surface area contributed by atoms with Gasteiger partial charge in [0.25, 0.3) is 11.8 Å². The maximum absolute atomic E-state index is 14.4. The van der Waals surface area contributed by atoms with Crippen molar-refractivity contribution in [3.63, 3.8) is 0 Å². The predicted molar refractivity (Wildman–Crippen MR) is 378 cm³/mol. The van der Waals surface area contributed by atoms with Gasteiger partial charge in [0.1, 0.15) is 102 Å². The maximum Gasteiger partial charge on any atom is 0.338 e. The highest BCUT2D eigenvalue weighted by atomic mass is 79.9. The minimum absolute atomic E-state index is 0. The molecule has 0 atom stereocenters. The number of hydrogen-bond donors (Lipinski definition) is 4. The molecule has 3 aromatic carbocycles. The van der Waals surface area contributed by atoms with Crippen LogP contribution >= 0.6 is 72.6 Å². The van der Waals surface area contributed by atoms with E-state index in [-0.39, 0.29) is 82.8 Å². The second-order valence-electron chi connectivity index (χ2n) is 21.1. The van der Waals surface area contributed by atoms with E-state index in [1.54, 1.807) is 116 Å². The number of benzene rings is 3. The molecule has 0 aliphatic heterocycles. The molecule has 0 saturated heterocycles. The fourth-order valence-corrected chi connectivity index (χ4v) is 9.51. The van der Waals surface area contributed by atoms with Crippen molar-refractivity contribution in [3.05, 3.63) is 231 Å². The maximum atomic E-state index is 14.4. The normalized spacial score (nSPS) is 10.5. The predicted octanol–water partition coefficient (Wildman–Crippen LogP) is 16.3. The number of halogens is 8. The molecule has 0 bridgehead atoms. The molecular formula is C66H58Br3Cl2F3N18O7. The third-order valence-corrected chi connectivity index (χ3v) is 14.4. The second kappa shape index (κ2) is 35.6. The van der Waals surface area contributed by atoms with E-state index < -0.39 is 40.8 Å². The quantitative estimate of drug-likeness (QED) is 0.0615. The van der Waals surface area contributed by atoms with Crippen LogP contribution in [0.1, 0.15) is 90.7 Å². The van der Waals surface area contributed by atoms with Crippen LogP contribution in [0.25, 0.3) is 34.6 Å². The number of rotatable bonds is 17. The van der Waals surface area contributed by atoms with Crippen LogP contribution in [0, 0.1) is 17.5 Å². The summed E-state index contributed by atoms with van der Waals surface area (Å²) in [6, 6.07) is 42.9. The van der Waals surface area contributed by atoms with E-state index in [0.29, 0.717) is 60.5 Å². The van der Waals surface area contributed by atoms with Gasteiger partial charge in [-0.05, 0) is 199 Å². The number of amides is 2. The number of nitrogens with two attached hydrogens (primary N) is 1. The van der Waals surface area contributed by atoms with Crippen LogP contribution in [0.3, 0.4) is 0 Å². The number of nitrogen functional groups attached to an aromatic ring is 1. The molecule has 0 aliphatic rings. The van der Waals surface area contributed by atoms with Gasteiger partial charge in [-0.2, -0.15) is 0 Å². The van der Waals surface area contributed by atoms with Crippen molar-refractivity contribution in [2.45, 2.75) is 59.7 Å². The molecule has 0 spiro atoms. The number of aromatic carboxylic acids is 1. The highest BCUT2D eigenvalue weighted by molar-refractivity contribution is 9.11. The lowest BCUT2D eigenvalue weighted by Gasteiger charge is -2.11. The Balaban J connectivity index is 0.000000193. The zero-order valence-corrected chi connectivity index (χ0v) is 59.2. The van der Waals surface area contributed by atoms with Crippen molar-refractivity contribution >= 4 is 108 Å². The van der Waals surface area contributed by atoms with E-state index in [1.165, 1.54) is 30.3 Å². The molecule has 99 heavy (non-hydrogen) atoms. The summed E-state index contributed by atoms with van der Waals surface area (Å²) in [5.74, 6) is -0.318. The van der Waals surface area contributed by atoms with Crippen molar-refractivity contribution in [2.75, 3.05) is 16.4 Å². The first kappa shape index (κ1) is 75.8. The average molecular weight is 1580 g/mol. The number of carboxylic acids is 1. The Hall–Kier alpha value is -10.6. The van der Waals surface area contributed by atoms with Crippen LogP contribution in [0.4, 0.5) is 30.6 Å². The van der Waals surface area contributed by atoms with Crippen LogP contribution < -0.4 is 30.6 Å². The van der Waals surface area contributed by atoms with Crippen LogP contribution in [0.2, 0.25) is 0 Å². The van der Waals surface area contributed by atoms with Gasteiger partial charge in [0.2, 0.25) is 17.6 Å². The van der Waals surface area contributed by atoms with E-state index in [1.807, 2.05) is 53.5 Å². The number of carboxylic acid groups (broad SMARTS) is 1. The van der Waals surface area contributed by atoms with Gasteiger partial charge in [0.15, 0.2) is 17.5 Å². The number of aromatic nitrogens is 15. The summed E-state index contributed by atoms with van der Waals surface area (Å²) in [4.78, 5) is 61.7. The lowest BCUT2D eigenvalue weighted by Crippen LogP contribution is -2.15. The van der Waals surface area contributed by atoms with E-state index in [2.05, 4.69) is 133 Å². The third kappa shape index (κ3) is 21.0. The molecule has 0 unspecified atom stereocenters. The van der Waals surface area contributed by atoms with E-state index in [0.717, 1.165) is 35.8 Å². The van der Waals surface area contributed by atoms with Gasteiger partial charge in [-0.25, -0.2) is 47.9 Å². The molecule has 12 rings (SSSR count). The number of carbonyl (C=O) groups excluding carboxylic acids is 2. The zero-order chi connectivity index (χ0) is 69.3. The first-order chi connectivity index (χ1) is 46.5. The highest BCUT2D eigenvalue weighted by Gasteiger charge is 2.20. The van der Waals surface area contributed by atoms with Crippen LogP contribution in [-0.2, 0) is 0 Å². The van der Waals surface area contributed by atoms with Gasteiger partial charge < -0.3 is 49.4 Å². The summed E-state index contributed by atoms with van der Waals surface area (Å²) < 4.78 is 66.0. The van der Waals surface area contributed by atoms with E-state index in [4.69, 9.17) is 25.1 Å². The monoisotopic (exact) mass is 1580 g/mol. The molecule has 2 amide bonds. The Labute approximate surface area is 601 Å². The number of hydrogen-bond acceptors (Lipinski definition) is 19. The summed E-state index contributed by atoms with van der Waals surface area (Å²) in [5, 5.41) is 38.0. The van der Waals surface area contributed by atoms with Gasteiger partial charge in [0, 0.05) is 36.3 Å². The number of carbonyl (C=O) groups is 3. The molecule has 0 aliphatic carbocycles. The Morgan fingerprint density at radius 3 is 1.07 bits per heavy atom. The van der Waals surface area contributed by atoms with Crippen molar-refractivity contribution in [1.82, 2.24) is 74.2 Å². The number of nitrogens with zero attached hydrogens (tertiary/aromatic N) is 15. The SMILES string of the molecule is CC(C)n1cnnc1-c1cccc(N)n1.CC(C)n1cnnc1-c1cccc(NC(=O)c2cc(Oc3cccc(Br)n3)ccc2F)n1.CC(C)n1cnnc1-c1cccc(NC(=O)c2cc(Oc3cccc(Br)n3)ccc2F)n1.Cl.Cl.O=C(O)c1cc(Oc2cccc(Br)n2)ccc1F. The zero-order valence-electron chi connectivity index (χ0n) is 52.8.